The van der Waals surface area contributed by atoms with Gasteiger partial charge in [0.25, 0.3) is 0 Å². The highest BCUT2D eigenvalue weighted by Gasteiger charge is 2.20. The van der Waals surface area contributed by atoms with Gasteiger partial charge in [-0.25, -0.2) is 9.59 Å². The highest BCUT2D eigenvalue weighted by atomic mass is 32.1. The number of rotatable bonds is 5. The normalized spacial score (nSPS) is 10.6. The number of aromatic carboxylic acids is 1. The number of nitrogens with one attached hydrogen (secondary N) is 2. The third kappa shape index (κ3) is 4.22. The summed E-state index contributed by atoms with van der Waals surface area (Å²) in [5, 5.41) is 14.8. The predicted octanol–water partition coefficient (Wildman–Crippen LogP) is 1.75. The van der Waals surface area contributed by atoms with Crippen LogP contribution in [0.4, 0.5) is 9.80 Å². The summed E-state index contributed by atoms with van der Waals surface area (Å²) in [6.45, 7) is 4.80. The zero-order valence-corrected chi connectivity index (χ0v) is 12.3. The van der Waals surface area contributed by atoms with E-state index in [4.69, 9.17) is 5.11 Å². The summed E-state index contributed by atoms with van der Waals surface area (Å²) in [5.41, 5.74) is 0.867. The Morgan fingerprint density at radius 3 is 2.47 bits per heavy atom. The topological polar surface area (TPSA) is 81.7 Å². The molecule has 0 radical (unpaired) electrons. The molecule has 6 nitrogen and oxygen atoms in total. The molecule has 0 saturated heterocycles. The molecule has 2 amide bonds. The van der Waals surface area contributed by atoms with Crippen LogP contribution in [0.5, 0.6) is 0 Å². The van der Waals surface area contributed by atoms with E-state index in [1.165, 1.54) is 11.3 Å². The summed E-state index contributed by atoms with van der Waals surface area (Å²) in [6.07, 6.45) is 0. The first-order valence-corrected chi connectivity index (χ1v) is 6.67. The van der Waals surface area contributed by atoms with Crippen molar-refractivity contribution in [1.82, 2.24) is 10.2 Å². The van der Waals surface area contributed by atoms with E-state index in [9.17, 15) is 9.59 Å². The van der Waals surface area contributed by atoms with Gasteiger partial charge in [-0.15, -0.1) is 11.3 Å². The summed E-state index contributed by atoms with van der Waals surface area (Å²) >= 11 is 1.27. The van der Waals surface area contributed by atoms with Gasteiger partial charge in [-0.3, -0.25) is 5.32 Å². The van der Waals surface area contributed by atoms with Crippen LogP contribution in [0.1, 0.15) is 20.8 Å². The standard InChI is InChI=1S/C12H19N3O3S/c1-7-8(2)19-10(9(7)11(16)17)14-12(18)13-5-6-15(3)4/h5-6H2,1-4H3,(H,16,17)(H2,13,14,18). The van der Waals surface area contributed by atoms with E-state index in [0.717, 1.165) is 11.4 Å². The van der Waals surface area contributed by atoms with Gasteiger partial charge in [0.1, 0.15) is 5.00 Å². The third-order valence-electron chi connectivity index (χ3n) is 2.67. The lowest BCUT2D eigenvalue weighted by Crippen LogP contribution is -2.34. The van der Waals surface area contributed by atoms with E-state index < -0.39 is 5.97 Å². The molecule has 1 aromatic heterocycles. The zero-order valence-electron chi connectivity index (χ0n) is 11.5. The van der Waals surface area contributed by atoms with Crippen LogP contribution in [-0.4, -0.2) is 49.2 Å². The number of amides is 2. The Labute approximate surface area is 116 Å². The van der Waals surface area contributed by atoms with Crippen molar-refractivity contribution in [2.24, 2.45) is 0 Å². The summed E-state index contributed by atoms with van der Waals surface area (Å²) in [6, 6.07) is -0.384. The third-order valence-corrected chi connectivity index (χ3v) is 3.79. The molecule has 0 bridgehead atoms. The Bertz CT molecular complexity index is 483. The maximum absolute atomic E-state index is 11.7. The van der Waals surface area contributed by atoms with Crippen LogP contribution in [0.15, 0.2) is 0 Å². The number of hydrogen-bond donors (Lipinski definition) is 3. The number of urea groups is 1. The van der Waals surface area contributed by atoms with Crippen molar-refractivity contribution in [3.63, 3.8) is 0 Å². The molecule has 0 aliphatic heterocycles. The van der Waals surface area contributed by atoms with Crippen LogP contribution in [-0.2, 0) is 0 Å². The minimum atomic E-state index is -1.02. The van der Waals surface area contributed by atoms with Crippen molar-refractivity contribution in [2.75, 3.05) is 32.5 Å². The minimum absolute atomic E-state index is 0.172. The lowest BCUT2D eigenvalue weighted by atomic mass is 10.1. The van der Waals surface area contributed by atoms with Crippen LogP contribution < -0.4 is 10.6 Å². The Hall–Kier alpha value is -1.60. The highest BCUT2D eigenvalue weighted by Crippen LogP contribution is 2.32. The fourth-order valence-corrected chi connectivity index (χ4v) is 2.56. The fourth-order valence-electron chi connectivity index (χ4n) is 1.51. The van der Waals surface area contributed by atoms with Gasteiger partial charge >= 0.3 is 12.0 Å². The van der Waals surface area contributed by atoms with Crippen LogP contribution in [0.3, 0.4) is 0 Å². The molecule has 1 heterocycles. The maximum atomic E-state index is 11.7. The van der Waals surface area contributed by atoms with Crippen molar-refractivity contribution < 1.29 is 14.7 Å². The van der Waals surface area contributed by atoms with E-state index in [2.05, 4.69) is 10.6 Å². The molecular formula is C12H19N3O3S. The summed E-state index contributed by atoms with van der Waals surface area (Å²) in [5.74, 6) is -1.02. The fraction of sp³-hybridized carbons (Fsp3) is 0.500. The molecule has 1 rings (SSSR count). The number of carboxylic acid groups (broad SMARTS) is 1. The van der Waals surface area contributed by atoms with E-state index >= 15 is 0 Å². The quantitative estimate of drug-likeness (QED) is 0.770. The highest BCUT2D eigenvalue weighted by molar-refractivity contribution is 7.16. The maximum Gasteiger partial charge on any atom is 0.338 e. The second-order valence-corrected chi connectivity index (χ2v) is 5.70. The van der Waals surface area contributed by atoms with Crippen molar-refractivity contribution in [1.29, 1.82) is 0 Å². The molecule has 0 unspecified atom stereocenters. The Morgan fingerprint density at radius 2 is 1.95 bits per heavy atom. The number of carbonyl (C=O) groups is 2. The molecule has 3 N–H and O–H groups in total. The number of likely N-dealkylation sites (N-methyl/N-ethyl adjacent to an activating group) is 1. The van der Waals surface area contributed by atoms with Gasteiger partial charge in [-0.2, -0.15) is 0 Å². The van der Waals surface area contributed by atoms with E-state index in [1.54, 1.807) is 6.92 Å². The molecule has 0 saturated carbocycles. The van der Waals surface area contributed by atoms with Crippen molar-refractivity contribution in [3.05, 3.63) is 16.0 Å². The SMILES string of the molecule is Cc1sc(NC(=O)NCCN(C)C)c(C(=O)O)c1C. The Balaban J connectivity index is 2.69. The molecule has 106 valence electrons. The Morgan fingerprint density at radius 1 is 1.32 bits per heavy atom. The monoisotopic (exact) mass is 285 g/mol. The van der Waals surface area contributed by atoms with Gasteiger partial charge in [0, 0.05) is 18.0 Å². The lowest BCUT2D eigenvalue weighted by molar-refractivity contribution is 0.0697. The van der Waals surface area contributed by atoms with Crippen LogP contribution in [0.2, 0.25) is 0 Å². The number of nitrogens with zero attached hydrogens (tertiary/aromatic N) is 1. The molecule has 0 aromatic carbocycles. The Kier molecular flexibility index (Phi) is 5.31. The largest absolute Gasteiger partial charge is 0.478 e. The smallest absolute Gasteiger partial charge is 0.338 e. The average Bonchev–Trinajstić information content (AvgIpc) is 2.53. The molecule has 0 fully saturated rings. The van der Waals surface area contributed by atoms with Crippen molar-refractivity contribution >= 4 is 28.3 Å². The van der Waals surface area contributed by atoms with E-state index in [-0.39, 0.29) is 11.6 Å². The number of carbonyl (C=O) groups excluding carboxylic acids is 1. The van der Waals surface area contributed by atoms with E-state index in [0.29, 0.717) is 17.1 Å². The lowest BCUT2D eigenvalue weighted by Gasteiger charge is -2.11. The number of anilines is 1. The van der Waals surface area contributed by atoms with Crippen molar-refractivity contribution in [2.45, 2.75) is 13.8 Å². The van der Waals surface area contributed by atoms with Crippen LogP contribution in [0, 0.1) is 13.8 Å². The average molecular weight is 285 g/mol. The van der Waals surface area contributed by atoms with Crippen LogP contribution in [0.25, 0.3) is 0 Å². The van der Waals surface area contributed by atoms with Gasteiger partial charge in [-0.1, -0.05) is 0 Å². The summed E-state index contributed by atoms with van der Waals surface area (Å²) in [4.78, 5) is 25.7. The molecule has 0 atom stereocenters. The number of carboxylic acids is 1. The minimum Gasteiger partial charge on any atom is -0.478 e. The van der Waals surface area contributed by atoms with Gasteiger partial charge in [0.05, 0.1) is 5.56 Å². The summed E-state index contributed by atoms with van der Waals surface area (Å²) < 4.78 is 0. The predicted molar refractivity (Wildman–Crippen MR) is 76.3 cm³/mol. The molecule has 0 aliphatic rings. The van der Waals surface area contributed by atoms with Crippen LogP contribution >= 0.6 is 11.3 Å². The first-order chi connectivity index (χ1) is 8.82. The number of hydrogen-bond acceptors (Lipinski definition) is 4. The molecular weight excluding hydrogens is 266 g/mol. The summed E-state index contributed by atoms with van der Waals surface area (Å²) in [7, 11) is 3.82. The van der Waals surface area contributed by atoms with Gasteiger partial charge in [0.2, 0.25) is 0 Å². The first kappa shape index (κ1) is 15.5. The molecule has 0 aliphatic carbocycles. The van der Waals surface area contributed by atoms with E-state index in [1.807, 2.05) is 25.9 Å². The molecule has 19 heavy (non-hydrogen) atoms. The van der Waals surface area contributed by atoms with Crippen molar-refractivity contribution in [3.8, 4) is 0 Å². The molecule has 0 spiro atoms. The molecule has 7 heteroatoms. The zero-order chi connectivity index (χ0) is 14.6. The second-order valence-electron chi connectivity index (χ2n) is 4.48. The van der Waals surface area contributed by atoms with Gasteiger partial charge in [0.15, 0.2) is 0 Å². The van der Waals surface area contributed by atoms with Gasteiger partial charge in [-0.05, 0) is 33.5 Å². The molecule has 1 aromatic rings. The second kappa shape index (κ2) is 6.53. The number of aryl methyl sites for hydroxylation is 1. The van der Waals surface area contributed by atoms with Gasteiger partial charge < -0.3 is 15.3 Å². The first-order valence-electron chi connectivity index (χ1n) is 5.85. The number of thiophene rings is 1.